The summed E-state index contributed by atoms with van der Waals surface area (Å²) >= 11 is 0. The van der Waals surface area contributed by atoms with Crippen LogP contribution in [0.25, 0.3) is 5.76 Å². The molecule has 0 amide bonds. The van der Waals surface area contributed by atoms with Gasteiger partial charge in [-0.3, -0.25) is 9.59 Å². The third-order valence-corrected chi connectivity index (χ3v) is 5.27. The van der Waals surface area contributed by atoms with Crippen LogP contribution in [-0.4, -0.2) is 29.4 Å². The van der Waals surface area contributed by atoms with Crippen molar-refractivity contribution in [1.29, 1.82) is 0 Å². The van der Waals surface area contributed by atoms with Crippen molar-refractivity contribution in [2.45, 2.75) is 32.0 Å². The first kappa shape index (κ1) is 14.4. The molecule has 0 unspecified atom stereocenters. The van der Waals surface area contributed by atoms with Gasteiger partial charge in [0.1, 0.15) is 5.76 Å². The number of benzene rings is 1. The molecule has 4 heteroatoms. The molecule has 2 heterocycles. The number of rotatable bonds is 2. The maximum absolute atomic E-state index is 12.6. The lowest BCUT2D eigenvalue weighted by atomic mass is 9.70. The van der Waals surface area contributed by atoms with Crippen molar-refractivity contribution in [3.8, 4) is 0 Å². The van der Waals surface area contributed by atoms with Crippen molar-refractivity contribution in [1.82, 2.24) is 0 Å². The molecular weight excluding hydrogens is 292 g/mol. The number of ether oxygens (including phenoxy) is 2. The molecular formula is C19H18O4. The summed E-state index contributed by atoms with van der Waals surface area (Å²) < 4.78 is 12.1. The number of hydrogen-bond donors (Lipinski definition) is 0. The zero-order valence-electron chi connectivity index (χ0n) is 13.4. The maximum Gasteiger partial charge on any atom is 0.200 e. The fourth-order valence-electron chi connectivity index (χ4n) is 4.00. The number of Topliss-reactive ketones (excluding diaryl/α,β-unsaturated/α-hetero) is 1. The van der Waals surface area contributed by atoms with Crippen molar-refractivity contribution in [3.05, 3.63) is 53.1 Å². The van der Waals surface area contributed by atoms with Crippen molar-refractivity contribution in [2.24, 2.45) is 5.92 Å². The number of aryl methyl sites for hydroxylation is 1. The van der Waals surface area contributed by atoms with Gasteiger partial charge in [-0.2, -0.15) is 0 Å². The normalized spacial score (nSPS) is 34.6. The maximum atomic E-state index is 12.6. The lowest BCUT2D eigenvalue weighted by molar-refractivity contribution is -0.135. The molecule has 0 N–H and O–H groups in total. The highest BCUT2D eigenvalue weighted by molar-refractivity contribution is 6.13. The van der Waals surface area contributed by atoms with Crippen molar-refractivity contribution < 1.29 is 19.1 Å². The Morgan fingerprint density at radius 2 is 2.04 bits per heavy atom. The van der Waals surface area contributed by atoms with E-state index in [1.54, 1.807) is 6.08 Å². The van der Waals surface area contributed by atoms with E-state index in [2.05, 4.69) is 0 Å². The van der Waals surface area contributed by atoms with Gasteiger partial charge in [0.05, 0.1) is 23.7 Å². The molecule has 1 aliphatic carbocycles. The SMILES string of the molecule is CC(=O)[C@@]12CO[C@@]3(C)C=CC(=O)C(=C(c4ccccc4C)O1)[C@H]32. The smallest absolute Gasteiger partial charge is 0.200 e. The number of allylic oxidation sites excluding steroid dienone is 1. The van der Waals surface area contributed by atoms with Crippen LogP contribution in [-0.2, 0) is 19.1 Å². The highest BCUT2D eigenvalue weighted by atomic mass is 16.6. The molecule has 2 aliphatic heterocycles. The molecule has 3 aliphatic rings. The van der Waals surface area contributed by atoms with Gasteiger partial charge in [0, 0.05) is 5.56 Å². The van der Waals surface area contributed by atoms with Crippen LogP contribution in [0.2, 0.25) is 0 Å². The Bertz CT molecular complexity index is 803. The average Bonchev–Trinajstić information content (AvgIpc) is 3.02. The van der Waals surface area contributed by atoms with Crippen LogP contribution in [0.1, 0.15) is 25.0 Å². The van der Waals surface area contributed by atoms with Gasteiger partial charge in [0.15, 0.2) is 17.2 Å². The van der Waals surface area contributed by atoms with Gasteiger partial charge in [-0.05, 0) is 38.5 Å². The molecule has 1 saturated heterocycles. The van der Waals surface area contributed by atoms with Crippen LogP contribution < -0.4 is 0 Å². The Labute approximate surface area is 134 Å². The van der Waals surface area contributed by atoms with E-state index in [0.717, 1.165) is 11.1 Å². The molecule has 3 atom stereocenters. The first-order valence-electron chi connectivity index (χ1n) is 7.77. The average molecular weight is 310 g/mol. The first-order valence-corrected chi connectivity index (χ1v) is 7.77. The minimum atomic E-state index is -1.10. The minimum Gasteiger partial charge on any atom is -0.475 e. The van der Waals surface area contributed by atoms with Crippen LogP contribution in [0.4, 0.5) is 0 Å². The summed E-state index contributed by atoms with van der Waals surface area (Å²) in [5, 5.41) is 0. The van der Waals surface area contributed by atoms with Crippen LogP contribution in [0.15, 0.2) is 42.0 Å². The lowest BCUT2D eigenvalue weighted by Crippen LogP contribution is -2.48. The van der Waals surface area contributed by atoms with Gasteiger partial charge >= 0.3 is 0 Å². The predicted octanol–water partition coefficient (Wildman–Crippen LogP) is 2.61. The molecule has 4 nitrogen and oxygen atoms in total. The van der Waals surface area contributed by atoms with Crippen molar-refractivity contribution in [3.63, 3.8) is 0 Å². The number of carbonyl (C=O) groups is 2. The van der Waals surface area contributed by atoms with E-state index in [9.17, 15) is 9.59 Å². The van der Waals surface area contributed by atoms with Crippen LogP contribution in [0, 0.1) is 12.8 Å². The van der Waals surface area contributed by atoms with E-state index in [0.29, 0.717) is 11.3 Å². The molecule has 118 valence electrons. The Balaban J connectivity index is 2.00. The van der Waals surface area contributed by atoms with Crippen LogP contribution >= 0.6 is 0 Å². The van der Waals surface area contributed by atoms with E-state index in [1.807, 2.05) is 38.1 Å². The second-order valence-electron chi connectivity index (χ2n) is 6.71. The van der Waals surface area contributed by atoms with Crippen molar-refractivity contribution in [2.75, 3.05) is 6.61 Å². The number of ketones is 2. The van der Waals surface area contributed by atoms with E-state index in [-0.39, 0.29) is 24.1 Å². The number of hydrogen-bond acceptors (Lipinski definition) is 4. The standard InChI is InChI=1S/C19H18O4/c1-11-6-4-5-7-13(11)16-15-14(21)8-9-18(3)17(15)19(23-16,10-22-18)12(2)20/h4-9,17H,10H2,1-3H3/t17-,18+,19-/m1/s1. The van der Waals surface area contributed by atoms with Crippen molar-refractivity contribution >= 4 is 17.3 Å². The predicted molar refractivity (Wildman–Crippen MR) is 84.6 cm³/mol. The zero-order chi connectivity index (χ0) is 16.4. The molecule has 1 fully saturated rings. The molecule has 0 saturated carbocycles. The Morgan fingerprint density at radius 1 is 1.30 bits per heavy atom. The van der Waals surface area contributed by atoms with Crippen LogP contribution in [0.3, 0.4) is 0 Å². The largest absolute Gasteiger partial charge is 0.475 e. The fraction of sp³-hybridized carbons (Fsp3) is 0.368. The molecule has 23 heavy (non-hydrogen) atoms. The summed E-state index contributed by atoms with van der Waals surface area (Å²) in [6.07, 6.45) is 3.30. The molecule has 0 aromatic heterocycles. The van der Waals surface area contributed by atoms with Gasteiger partial charge in [-0.25, -0.2) is 0 Å². The fourth-order valence-corrected chi connectivity index (χ4v) is 4.00. The molecule has 0 bridgehead atoms. The Morgan fingerprint density at radius 3 is 2.74 bits per heavy atom. The highest BCUT2D eigenvalue weighted by Gasteiger charge is 2.67. The summed E-state index contributed by atoms with van der Waals surface area (Å²) in [7, 11) is 0. The van der Waals surface area contributed by atoms with Gasteiger partial charge in [-0.1, -0.05) is 24.3 Å². The quantitative estimate of drug-likeness (QED) is 0.842. The van der Waals surface area contributed by atoms with Gasteiger partial charge < -0.3 is 9.47 Å². The van der Waals surface area contributed by atoms with E-state index in [4.69, 9.17) is 9.47 Å². The second-order valence-corrected chi connectivity index (χ2v) is 6.71. The monoisotopic (exact) mass is 310 g/mol. The molecule has 1 aromatic carbocycles. The number of carbonyl (C=O) groups excluding carboxylic acids is 2. The summed E-state index contributed by atoms with van der Waals surface area (Å²) in [6.45, 7) is 5.56. The molecule has 4 rings (SSSR count). The van der Waals surface area contributed by atoms with E-state index >= 15 is 0 Å². The molecule has 0 radical (unpaired) electrons. The molecule has 0 spiro atoms. The first-order chi connectivity index (χ1) is 10.9. The Hall–Kier alpha value is -2.20. The summed E-state index contributed by atoms with van der Waals surface area (Å²) in [4.78, 5) is 25.0. The van der Waals surface area contributed by atoms with Crippen LogP contribution in [0.5, 0.6) is 0 Å². The van der Waals surface area contributed by atoms with Gasteiger partial charge in [0.2, 0.25) is 0 Å². The third kappa shape index (κ3) is 1.70. The summed E-state index contributed by atoms with van der Waals surface area (Å²) in [5.41, 5.74) is 0.667. The Kier molecular flexibility index (Phi) is 2.77. The summed E-state index contributed by atoms with van der Waals surface area (Å²) in [6, 6.07) is 7.75. The summed E-state index contributed by atoms with van der Waals surface area (Å²) in [5.74, 6) is -0.0541. The van der Waals surface area contributed by atoms with E-state index < -0.39 is 11.2 Å². The van der Waals surface area contributed by atoms with Gasteiger partial charge in [-0.15, -0.1) is 0 Å². The zero-order valence-corrected chi connectivity index (χ0v) is 13.4. The minimum absolute atomic E-state index is 0.0978. The molecule has 1 aromatic rings. The van der Waals surface area contributed by atoms with E-state index in [1.165, 1.54) is 13.0 Å². The van der Waals surface area contributed by atoms with Gasteiger partial charge in [0.25, 0.3) is 0 Å². The highest BCUT2D eigenvalue weighted by Crippen LogP contribution is 2.57. The topological polar surface area (TPSA) is 52.6 Å². The lowest BCUT2D eigenvalue weighted by Gasteiger charge is -2.32. The second kappa shape index (κ2) is 4.42. The third-order valence-electron chi connectivity index (χ3n) is 5.27.